The van der Waals surface area contributed by atoms with E-state index in [4.69, 9.17) is 0 Å². The van der Waals surface area contributed by atoms with Gasteiger partial charge in [-0.05, 0) is 44.9 Å². The number of rotatable bonds is 5. The predicted molar refractivity (Wildman–Crippen MR) is 76.3 cm³/mol. The molecule has 0 saturated heterocycles. The summed E-state index contributed by atoms with van der Waals surface area (Å²) in [7, 11) is 1.91. The van der Waals surface area contributed by atoms with E-state index in [0.29, 0.717) is 0 Å². The lowest BCUT2D eigenvalue weighted by molar-refractivity contribution is 0.243. The van der Waals surface area contributed by atoms with E-state index in [-0.39, 0.29) is 12.6 Å². The van der Waals surface area contributed by atoms with Crippen molar-refractivity contribution in [1.82, 2.24) is 5.32 Å². The van der Waals surface area contributed by atoms with Crippen LogP contribution >= 0.6 is 0 Å². The highest BCUT2D eigenvalue weighted by molar-refractivity contribution is 5.56. The number of hydrogen-bond acceptors (Lipinski definition) is 3. The summed E-state index contributed by atoms with van der Waals surface area (Å²) in [5.41, 5.74) is 4.21. The minimum Gasteiger partial charge on any atom is -0.395 e. The number of nitrogens with one attached hydrogen (secondary N) is 1. The molecule has 1 atom stereocenters. The highest BCUT2D eigenvalue weighted by Gasteiger charge is 2.17. The molecular formula is C15H24N2O. The normalized spacial score (nSPS) is 16.5. The predicted octanol–water partition coefficient (Wildman–Crippen LogP) is 1.72. The van der Waals surface area contributed by atoms with Gasteiger partial charge in [0, 0.05) is 24.8 Å². The molecular weight excluding hydrogens is 224 g/mol. The third-order valence-corrected chi connectivity index (χ3v) is 3.83. The number of benzene rings is 1. The average Bonchev–Trinajstić information content (AvgIpc) is 2.39. The molecule has 1 aliphatic rings. The molecule has 0 saturated carbocycles. The maximum absolute atomic E-state index is 9.21. The van der Waals surface area contributed by atoms with Crippen molar-refractivity contribution in [3.8, 4) is 0 Å². The Hall–Kier alpha value is -1.06. The van der Waals surface area contributed by atoms with E-state index in [0.717, 1.165) is 19.5 Å². The monoisotopic (exact) mass is 248 g/mol. The number of likely N-dealkylation sites (N-methyl/N-ethyl adjacent to an activating group) is 1. The first-order valence-electron chi connectivity index (χ1n) is 6.87. The maximum Gasteiger partial charge on any atom is 0.0585 e. The minimum atomic E-state index is 0.209. The van der Waals surface area contributed by atoms with Gasteiger partial charge in [0.15, 0.2) is 0 Å². The first-order valence-corrected chi connectivity index (χ1v) is 6.87. The average molecular weight is 248 g/mol. The second-order valence-electron chi connectivity index (χ2n) is 5.18. The molecule has 100 valence electrons. The van der Waals surface area contributed by atoms with Crippen molar-refractivity contribution in [2.75, 3.05) is 31.6 Å². The first kappa shape index (κ1) is 13.4. The van der Waals surface area contributed by atoms with Crippen molar-refractivity contribution in [2.24, 2.45) is 0 Å². The van der Waals surface area contributed by atoms with E-state index in [9.17, 15) is 5.11 Å². The molecule has 0 radical (unpaired) electrons. The van der Waals surface area contributed by atoms with Crippen LogP contribution in [0, 0.1) is 6.92 Å². The lowest BCUT2D eigenvalue weighted by Crippen LogP contribution is -2.36. The summed E-state index contributed by atoms with van der Waals surface area (Å²) in [6, 6.07) is 6.96. The summed E-state index contributed by atoms with van der Waals surface area (Å²) in [6.07, 6.45) is 3.42. The zero-order chi connectivity index (χ0) is 13.0. The number of nitrogens with zero attached hydrogens (tertiary/aromatic N) is 1. The molecule has 0 spiro atoms. The van der Waals surface area contributed by atoms with Crippen LogP contribution in [0.5, 0.6) is 0 Å². The van der Waals surface area contributed by atoms with Crippen LogP contribution in [0.1, 0.15) is 24.0 Å². The Labute approximate surface area is 110 Å². The molecule has 1 aromatic carbocycles. The molecule has 3 nitrogen and oxygen atoms in total. The summed E-state index contributed by atoms with van der Waals surface area (Å²) in [5, 5.41) is 12.4. The molecule has 2 rings (SSSR count). The second-order valence-corrected chi connectivity index (χ2v) is 5.18. The van der Waals surface area contributed by atoms with Crippen molar-refractivity contribution in [1.29, 1.82) is 0 Å². The van der Waals surface area contributed by atoms with Crippen LogP contribution in [-0.2, 0) is 6.42 Å². The number of aryl methyl sites for hydroxylation is 2. The van der Waals surface area contributed by atoms with E-state index in [1.807, 2.05) is 7.05 Å². The van der Waals surface area contributed by atoms with E-state index in [2.05, 4.69) is 35.3 Å². The van der Waals surface area contributed by atoms with Gasteiger partial charge in [0.2, 0.25) is 0 Å². The van der Waals surface area contributed by atoms with E-state index >= 15 is 0 Å². The van der Waals surface area contributed by atoms with Crippen LogP contribution in [0.4, 0.5) is 5.69 Å². The Bertz CT molecular complexity index is 388. The molecule has 1 aromatic rings. The third kappa shape index (κ3) is 3.03. The Morgan fingerprint density at radius 3 is 3.00 bits per heavy atom. The molecule has 0 bridgehead atoms. The molecule has 0 amide bonds. The fourth-order valence-corrected chi connectivity index (χ4v) is 2.67. The zero-order valence-corrected chi connectivity index (χ0v) is 11.4. The van der Waals surface area contributed by atoms with Gasteiger partial charge in [0.25, 0.3) is 0 Å². The summed E-state index contributed by atoms with van der Waals surface area (Å²) in [6.45, 7) is 4.52. The van der Waals surface area contributed by atoms with E-state index in [1.54, 1.807) is 0 Å². The van der Waals surface area contributed by atoms with Crippen LogP contribution in [0.2, 0.25) is 0 Å². The summed E-state index contributed by atoms with van der Waals surface area (Å²) in [5.74, 6) is 0. The van der Waals surface area contributed by atoms with Crippen LogP contribution in [0.25, 0.3) is 0 Å². The summed E-state index contributed by atoms with van der Waals surface area (Å²) >= 11 is 0. The third-order valence-electron chi connectivity index (χ3n) is 3.83. The topological polar surface area (TPSA) is 35.5 Å². The molecule has 1 aliphatic heterocycles. The highest BCUT2D eigenvalue weighted by Crippen LogP contribution is 2.28. The molecule has 0 aliphatic carbocycles. The second kappa shape index (κ2) is 6.21. The van der Waals surface area contributed by atoms with Gasteiger partial charge in [-0.3, -0.25) is 0 Å². The van der Waals surface area contributed by atoms with Crippen LogP contribution in [0.3, 0.4) is 0 Å². The number of hydrogen-bond donors (Lipinski definition) is 2. The van der Waals surface area contributed by atoms with Gasteiger partial charge in [-0.2, -0.15) is 0 Å². The SMILES string of the molecule is CNC(CO)CCN1CCCc2cc(C)ccc21. The molecule has 1 heterocycles. The van der Waals surface area contributed by atoms with Crippen molar-refractivity contribution >= 4 is 5.69 Å². The van der Waals surface area contributed by atoms with Gasteiger partial charge >= 0.3 is 0 Å². The lowest BCUT2D eigenvalue weighted by atomic mass is 9.99. The van der Waals surface area contributed by atoms with Gasteiger partial charge in [-0.1, -0.05) is 17.7 Å². The summed E-state index contributed by atoms with van der Waals surface area (Å²) < 4.78 is 0. The fraction of sp³-hybridized carbons (Fsp3) is 0.600. The van der Waals surface area contributed by atoms with Crippen LogP contribution in [0.15, 0.2) is 18.2 Å². The van der Waals surface area contributed by atoms with Gasteiger partial charge in [0.05, 0.1) is 6.61 Å². The van der Waals surface area contributed by atoms with Gasteiger partial charge in [0.1, 0.15) is 0 Å². The van der Waals surface area contributed by atoms with Crippen molar-refractivity contribution in [3.63, 3.8) is 0 Å². The van der Waals surface area contributed by atoms with Gasteiger partial charge in [-0.15, -0.1) is 0 Å². The Balaban J connectivity index is 2.03. The standard InChI is InChI=1S/C15H24N2O/c1-12-5-6-15-13(10-12)4-3-8-17(15)9-7-14(11-18)16-2/h5-6,10,14,16,18H,3-4,7-9,11H2,1-2H3. The molecule has 0 fully saturated rings. The summed E-state index contributed by atoms with van der Waals surface area (Å²) in [4.78, 5) is 2.46. The maximum atomic E-state index is 9.21. The molecule has 0 aromatic heterocycles. The quantitative estimate of drug-likeness (QED) is 0.833. The highest BCUT2D eigenvalue weighted by atomic mass is 16.3. The molecule has 18 heavy (non-hydrogen) atoms. The smallest absolute Gasteiger partial charge is 0.0585 e. The van der Waals surface area contributed by atoms with Crippen LogP contribution < -0.4 is 10.2 Å². The molecule has 2 N–H and O–H groups in total. The number of aliphatic hydroxyl groups excluding tert-OH is 1. The Morgan fingerprint density at radius 2 is 2.28 bits per heavy atom. The zero-order valence-electron chi connectivity index (χ0n) is 11.4. The van der Waals surface area contributed by atoms with Gasteiger partial charge in [-0.25, -0.2) is 0 Å². The van der Waals surface area contributed by atoms with Crippen molar-refractivity contribution in [2.45, 2.75) is 32.2 Å². The molecule has 1 unspecified atom stereocenters. The number of fused-ring (bicyclic) bond motifs is 1. The minimum absolute atomic E-state index is 0.209. The Morgan fingerprint density at radius 1 is 1.44 bits per heavy atom. The number of aliphatic hydroxyl groups is 1. The largest absolute Gasteiger partial charge is 0.395 e. The van der Waals surface area contributed by atoms with Crippen molar-refractivity contribution < 1.29 is 5.11 Å². The van der Waals surface area contributed by atoms with Crippen LogP contribution in [-0.4, -0.2) is 37.9 Å². The first-order chi connectivity index (χ1) is 8.74. The van der Waals surface area contributed by atoms with E-state index < -0.39 is 0 Å². The lowest BCUT2D eigenvalue weighted by Gasteiger charge is -2.32. The number of anilines is 1. The van der Waals surface area contributed by atoms with E-state index in [1.165, 1.54) is 29.7 Å². The van der Waals surface area contributed by atoms with Crippen molar-refractivity contribution in [3.05, 3.63) is 29.3 Å². The Kier molecular flexibility index (Phi) is 4.61. The van der Waals surface area contributed by atoms with Gasteiger partial charge < -0.3 is 15.3 Å². The molecule has 3 heteroatoms. The fourth-order valence-electron chi connectivity index (χ4n) is 2.67.